The van der Waals surface area contributed by atoms with E-state index in [1.54, 1.807) is 0 Å². The lowest BCUT2D eigenvalue weighted by atomic mass is 9.75. The number of hydrogen-bond acceptors (Lipinski definition) is 3. The van der Waals surface area contributed by atoms with E-state index in [2.05, 4.69) is 13.8 Å². The molecule has 1 unspecified atom stereocenters. The topological polar surface area (TPSA) is 43.4 Å². The number of allylic oxidation sites excluding steroid dienone is 1. The maximum atomic E-state index is 12.4. The van der Waals surface area contributed by atoms with Gasteiger partial charge in [0.2, 0.25) is 0 Å². The van der Waals surface area contributed by atoms with Gasteiger partial charge >= 0.3 is 5.97 Å². The van der Waals surface area contributed by atoms with Gasteiger partial charge in [0.15, 0.2) is 0 Å². The van der Waals surface area contributed by atoms with Gasteiger partial charge in [0.25, 0.3) is 0 Å². The van der Waals surface area contributed by atoms with Crippen molar-refractivity contribution in [1.29, 1.82) is 0 Å². The Hall–Kier alpha value is -1.90. The molecular formula is C19H24O3. The van der Waals surface area contributed by atoms with E-state index in [0.29, 0.717) is 6.42 Å². The summed E-state index contributed by atoms with van der Waals surface area (Å²) in [6.45, 7) is 6.25. The zero-order chi connectivity index (χ0) is 16.3. The molecule has 1 fully saturated rings. The second-order valence-electron chi connectivity index (χ2n) is 6.67. The molecule has 1 atom stereocenters. The molecule has 1 saturated carbocycles. The fourth-order valence-corrected chi connectivity index (χ4v) is 3.50. The summed E-state index contributed by atoms with van der Waals surface area (Å²) in [6, 6.07) is 9.80. The van der Waals surface area contributed by atoms with Crippen molar-refractivity contribution in [2.24, 2.45) is 11.3 Å². The number of carbonyl (C=O) groups excluding carboxylic acids is 2. The number of rotatable bonds is 4. The van der Waals surface area contributed by atoms with Crippen molar-refractivity contribution in [3.8, 4) is 0 Å². The van der Waals surface area contributed by atoms with Crippen LogP contribution in [-0.2, 0) is 14.3 Å². The molecule has 0 aromatic heterocycles. The highest BCUT2D eigenvalue weighted by molar-refractivity contribution is 5.92. The Morgan fingerprint density at radius 2 is 1.91 bits per heavy atom. The molecule has 0 radical (unpaired) electrons. The smallest absolute Gasteiger partial charge is 0.309 e. The molecule has 0 saturated heterocycles. The molecule has 1 aromatic rings. The van der Waals surface area contributed by atoms with E-state index in [4.69, 9.17) is 4.74 Å². The number of carbonyl (C=O) groups is 2. The fourth-order valence-electron chi connectivity index (χ4n) is 3.50. The van der Waals surface area contributed by atoms with E-state index in [1.165, 1.54) is 7.11 Å². The maximum absolute atomic E-state index is 12.4. The van der Waals surface area contributed by atoms with Crippen LogP contribution in [0.15, 0.2) is 35.9 Å². The van der Waals surface area contributed by atoms with Crippen molar-refractivity contribution in [2.75, 3.05) is 7.11 Å². The van der Waals surface area contributed by atoms with Crippen LogP contribution in [0.5, 0.6) is 0 Å². The highest BCUT2D eigenvalue weighted by Gasteiger charge is 2.42. The van der Waals surface area contributed by atoms with E-state index in [0.717, 1.165) is 23.1 Å². The third kappa shape index (κ3) is 3.29. The highest BCUT2D eigenvalue weighted by Crippen LogP contribution is 2.46. The van der Waals surface area contributed by atoms with Crippen LogP contribution in [0.25, 0.3) is 5.57 Å². The molecule has 0 N–H and O–H groups in total. The van der Waals surface area contributed by atoms with Gasteiger partial charge in [-0.2, -0.15) is 0 Å². The molecule has 0 amide bonds. The monoisotopic (exact) mass is 300 g/mol. The first-order valence-corrected chi connectivity index (χ1v) is 7.71. The predicted octanol–water partition coefficient (Wildman–Crippen LogP) is 4.03. The van der Waals surface area contributed by atoms with E-state index in [1.807, 2.05) is 37.3 Å². The number of ether oxygens (including phenoxy) is 1. The van der Waals surface area contributed by atoms with Gasteiger partial charge in [0, 0.05) is 12.3 Å². The van der Waals surface area contributed by atoms with Gasteiger partial charge in [-0.25, -0.2) is 0 Å². The van der Waals surface area contributed by atoms with Crippen LogP contribution in [-0.4, -0.2) is 18.9 Å². The molecular weight excluding hydrogens is 276 g/mol. The van der Waals surface area contributed by atoms with E-state index >= 15 is 0 Å². The Morgan fingerprint density at radius 1 is 1.27 bits per heavy atom. The Kier molecular flexibility index (Phi) is 4.84. The molecule has 22 heavy (non-hydrogen) atoms. The summed E-state index contributed by atoms with van der Waals surface area (Å²) in [5, 5.41) is 0. The van der Waals surface area contributed by atoms with Gasteiger partial charge < -0.3 is 4.74 Å². The Labute approximate surface area is 132 Å². The molecule has 1 aliphatic rings. The second kappa shape index (κ2) is 6.47. The van der Waals surface area contributed by atoms with Crippen molar-refractivity contribution in [3.63, 3.8) is 0 Å². The first-order valence-electron chi connectivity index (χ1n) is 7.71. The van der Waals surface area contributed by atoms with Crippen LogP contribution in [0.3, 0.4) is 0 Å². The first kappa shape index (κ1) is 16.5. The number of Topliss-reactive ketones (excluding diaryl/α,β-unsaturated/α-hetero) is 1. The predicted molar refractivity (Wildman–Crippen MR) is 87.2 cm³/mol. The van der Waals surface area contributed by atoms with Crippen LogP contribution < -0.4 is 0 Å². The van der Waals surface area contributed by atoms with Crippen molar-refractivity contribution < 1.29 is 14.3 Å². The van der Waals surface area contributed by atoms with Gasteiger partial charge in [-0.3, -0.25) is 9.59 Å². The zero-order valence-corrected chi connectivity index (χ0v) is 13.8. The van der Waals surface area contributed by atoms with Crippen LogP contribution >= 0.6 is 0 Å². The quantitative estimate of drug-likeness (QED) is 0.789. The lowest BCUT2D eigenvalue weighted by Gasteiger charge is -2.28. The van der Waals surface area contributed by atoms with E-state index in [-0.39, 0.29) is 29.5 Å². The molecule has 3 nitrogen and oxygen atoms in total. The summed E-state index contributed by atoms with van der Waals surface area (Å²) in [6.07, 6.45) is 1.72. The largest absolute Gasteiger partial charge is 0.469 e. The number of methoxy groups -OCH3 is 1. The fraction of sp³-hybridized carbons (Fsp3) is 0.474. The zero-order valence-electron chi connectivity index (χ0n) is 13.8. The second-order valence-corrected chi connectivity index (χ2v) is 6.67. The number of benzene rings is 1. The molecule has 0 spiro atoms. The minimum Gasteiger partial charge on any atom is -0.469 e. The van der Waals surface area contributed by atoms with Crippen molar-refractivity contribution in [3.05, 3.63) is 41.5 Å². The normalized spacial score (nSPS) is 21.5. The van der Waals surface area contributed by atoms with Gasteiger partial charge in [0.1, 0.15) is 5.78 Å². The van der Waals surface area contributed by atoms with Crippen molar-refractivity contribution >= 4 is 17.3 Å². The van der Waals surface area contributed by atoms with Crippen LogP contribution in [0.1, 0.15) is 45.6 Å². The molecule has 0 bridgehead atoms. The van der Waals surface area contributed by atoms with Gasteiger partial charge in [-0.15, -0.1) is 0 Å². The summed E-state index contributed by atoms with van der Waals surface area (Å²) in [5.74, 6) is -0.116. The summed E-state index contributed by atoms with van der Waals surface area (Å²) in [4.78, 5) is 24.2. The van der Waals surface area contributed by atoms with Crippen molar-refractivity contribution in [1.82, 2.24) is 0 Å². The first-order chi connectivity index (χ1) is 10.4. The van der Waals surface area contributed by atoms with Gasteiger partial charge in [-0.05, 0) is 29.9 Å². The molecule has 0 aliphatic heterocycles. The van der Waals surface area contributed by atoms with Crippen LogP contribution in [0.2, 0.25) is 0 Å². The lowest BCUT2D eigenvalue weighted by molar-refractivity contribution is -0.139. The maximum Gasteiger partial charge on any atom is 0.309 e. The number of ketones is 1. The third-order valence-corrected chi connectivity index (χ3v) is 4.70. The molecule has 1 aliphatic carbocycles. The van der Waals surface area contributed by atoms with Crippen molar-refractivity contribution in [2.45, 2.75) is 40.0 Å². The molecule has 0 heterocycles. The summed E-state index contributed by atoms with van der Waals surface area (Å²) >= 11 is 0. The third-order valence-electron chi connectivity index (χ3n) is 4.70. The lowest BCUT2D eigenvalue weighted by Crippen LogP contribution is -2.24. The van der Waals surface area contributed by atoms with E-state index in [9.17, 15) is 9.59 Å². The molecule has 3 heteroatoms. The molecule has 118 valence electrons. The highest BCUT2D eigenvalue weighted by atomic mass is 16.5. The standard InChI is InChI=1S/C19H24O3/c1-13(18-16(20)10-11-19(18,2)3)15(12-17(21)22-4)14-8-6-5-7-9-14/h5-9,18H,10-12H2,1-4H3/b15-13-. The number of hydrogen-bond donors (Lipinski definition) is 0. The van der Waals surface area contributed by atoms with E-state index < -0.39 is 0 Å². The van der Waals surface area contributed by atoms with Gasteiger partial charge in [0.05, 0.1) is 13.5 Å². The average molecular weight is 300 g/mol. The minimum atomic E-state index is -0.276. The minimum absolute atomic E-state index is 0.0582. The SMILES string of the molecule is COC(=O)C/C(=C(\C)C1C(=O)CCC1(C)C)c1ccccc1. The Bertz CT molecular complexity index is 596. The van der Waals surface area contributed by atoms with Crippen LogP contribution in [0, 0.1) is 11.3 Å². The number of esters is 1. The summed E-state index contributed by atoms with van der Waals surface area (Å²) in [7, 11) is 1.39. The molecule has 2 rings (SSSR count). The van der Waals surface area contributed by atoms with Gasteiger partial charge in [-0.1, -0.05) is 49.8 Å². The van der Waals surface area contributed by atoms with Crippen LogP contribution in [0.4, 0.5) is 0 Å². The Morgan fingerprint density at radius 3 is 2.41 bits per heavy atom. The average Bonchev–Trinajstić information content (AvgIpc) is 2.78. The summed E-state index contributed by atoms with van der Waals surface area (Å²) < 4.78 is 4.84. The molecule has 1 aromatic carbocycles. The Balaban J connectivity index is 2.50. The summed E-state index contributed by atoms with van der Waals surface area (Å²) in [5.41, 5.74) is 2.85.